The van der Waals surface area contributed by atoms with E-state index >= 15 is 0 Å². The first-order chi connectivity index (χ1) is 6.13. The van der Waals surface area contributed by atoms with Gasteiger partial charge < -0.3 is 15.4 Å². The molecule has 1 amide bonds. The molecule has 1 rings (SSSR count). The lowest BCUT2D eigenvalue weighted by Gasteiger charge is -2.14. The standard InChI is InChI=1S/C8H14N2O3/c1-5-6(3-8(12)13-5)10-7(11)4-9-2/h5-6,9H,3-4H2,1-2H3,(H,10,11). The topological polar surface area (TPSA) is 67.4 Å². The summed E-state index contributed by atoms with van der Waals surface area (Å²) < 4.78 is 4.88. The number of likely N-dealkylation sites (N-methyl/N-ethyl adjacent to an activating group) is 1. The fourth-order valence-electron chi connectivity index (χ4n) is 1.27. The summed E-state index contributed by atoms with van der Waals surface area (Å²) in [6.07, 6.45) is 0.0599. The maximum absolute atomic E-state index is 11.1. The first kappa shape index (κ1) is 9.98. The fourth-order valence-corrected chi connectivity index (χ4v) is 1.27. The highest BCUT2D eigenvalue weighted by atomic mass is 16.6. The maximum atomic E-state index is 11.1. The van der Waals surface area contributed by atoms with Crippen molar-refractivity contribution in [3.05, 3.63) is 0 Å². The van der Waals surface area contributed by atoms with Crippen LogP contribution in [0, 0.1) is 0 Å². The number of carbonyl (C=O) groups excluding carboxylic acids is 2. The van der Waals surface area contributed by atoms with Gasteiger partial charge in [0.2, 0.25) is 5.91 Å². The molecule has 0 saturated carbocycles. The van der Waals surface area contributed by atoms with Gasteiger partial charge in [-0.25, -0.2) is 0 Å². The van der Waals surface area contributed by atoms with E-state index in [0.717, 1.165) is 0 Å². The molecule has 2 unspecified atom stereocenters. The van der Waals surface area contributed by atoms with Crippen molar-refractivity contribution < 1.29 is 14.3 Å². The zero-order chi connectivity index (χ0) is 9.84. The quantitative estimate of drug-likeness (QED) is 0.556. The Morgan fingerprint density at radius 3 is 2.85 bits per heavy atom. The highest BCUT2D eigenvalue weighted by Crippen LogP contribution is 2.13. The molecule has 0 radical (unpaired) electrons. The molecule has 2 atom stereocenters. The van der Waals surface area contributed by atoms with Gasteiger partial charge in [0, 0.05) is 0 Å². The molecule has 74 valence electrons. The molecule has 1 aliphatic heterocycles. The molecule has 2 N–H and O–H groups in total. The van der Waals surface area contributed by atoms with E-state index in [1.165, 1.54) is 0 Å². The van der Waals surface area contributed by atoms with Crippen LogP contribution in [0.2, 0.25) is 0 Å². The summed E-state index contributed by atoms with van der Waals surface area (Å²) >= 11 is 0. The number of nitrogens with one attached hydrogen (secondary N) is 2. The van der Waals surface area contributed by atoms with Crippen LogP contribution in [-0.4, -0.2) is 37.6 Å². The Balaban J connectivity index is 2.36. The monoisotopic (exact) mass is 186 g/mol. The second kappa shape index (κ2) is 4.23. The third-order valence-electron chi connectivity index (χ3n) is 1.95. The van der Waals surface area contributed by atoms with Crippen LogP contribution in [0.5, 0.6) is 0 Å². The number of ether oxygens (including phenoxy) is 1. The van der Waals surface area contributed by atoms with Crippen LogP contribution in [0.4, 0.5) is 0 Å². The second-order valence-electron chi connectivity index (χ2n) is 3.10. The van der Waals surface area contributed by atoms with Crippen LogP contribution >= 0.6 is 0 Å². The zero-order valence-electron chi connectivity index (χ0n) is 7.79. The third kappa shape index (κ3) is 2.69. The van der Waals surface area contributed by atoms with Gasteiger partial charge in [0.1, 0.15) is 6.10 Å². The Labute approximate surface area is 76.8 Å². The van der Waals surface area contributed by atoms with Crippen LogP contribution < -0.4 is 10.6 Å². The van der Waals surface area contributed by atoms with E-state index in [0.29, 0.717) is 0 Å². The summed E-state index contributed by atoms with van der Waals surface area (Å²) in [5.74, 6) is -0.361. The summed E-state index contributed by atoms with van der Waals surface area (Å²) in [7, 11) is 1.69. The minimum Gasteiger partial charge on any atom is -0.460 e. The summed E-state index contributed by atoms with van der Waals surface area (Å²) in [6, 6.07) is -0.173. The molecule has 13 heavy (non-hydrogen) atoms. The van der Waals surface area contributed by atoms with E-state index in [-0.39, 0.29) is 37.0 Å². The molecule has 0 aromatic carbocycles. The predicted octanol–water partition coefficient (Wildman–Crippen LogP) is -0.974. The second-order valence-corrected chi connectivity index (χ2v) is 3.10. The van der Waals surface area contributed by atoms with Gasteiger partial charge in [0.15, 0.2) is 0 Å². The molecule has 1 fully saturated rings. The first-order valence-electron chi connectivity index (χ1n) is 4.27. The van der Waals surface area contributed by atoms with E-state index in [4.69, 9.17) is 4.74 Å². The van der Waals surface area contributed by atoms with Gasteiger partial charge in [0.05, 0.1) is 19.0 Å². The number of hydrogen-bond acceptors (Lipinski definition) is 4. The summed E-state index contributed by atoms with van der Waals surface area (Å²) in [4.78, 5) is 21.9. The van der Waals surface area contributed by atoms with Gasteiger partial charge in [-0.15, -0.1) is 0 Å². The Bertz CT molecular complexity index is 217. The van der Waals surface area contributed by atoms with Gasteiger partial charge in [-0.1, -0.05) is 0 Å². The predicted molar refractivity (Wildman–Crippen MR) is 46.0 cm³/mol. The van der Waals surface area contributed by atoms with Crippen molar-refractivity contribution in [1.82, 2.24) is 10.6 Å². The molecule has 5 nitrogen and oxygen atoms in total. The lowest BCUT2D eigenvalue weighted by Crippen LogP contribution is -2.42. The molecule has 1 heterocycles. The number of hydrogen-bond donors (Lipinski definition) is 2. The van der Waals surface area contributed by atoms with Gasteiger partial charge >= 0.3 is 5.97 Å². The van der Waals surface area contributed by atoms with Crippen molar-refractivity contribution >= 4 is 11.9 Å². The normalized spacial score (nSPS) is 27.1. The minimum atomic E-state index is -0.248. The van der Waals surface area contributed by atoms with Crippen LogP contribution in [0.3, 0.4) is 0 Å². The van der Waals surface area contributed by atoms with E-state index < -0.39 is 0 Å². The smallest absolute Gasteiger partial charge is 0.308 e. The lowest BCUT2D eigenvalue weighted by atomic mass is 10.1. The number of cyclic esters (lactones) is 1. The van der Waals surface area contributed by atoms with Crippen LogP contribution in [0.15, 0.2) is 0 Å². The average Bonchev–Trinajstić information content (AvgIpc) is 2.30. The molecule has 0 spiro atoms. The van der Waals surface area contributed by atoms with Crippen molar-refractivity contribution in [1.29, 1.82) is 0 Å². The minimum absolute atomic E-state index is 0.113. The Kier molecular flexibility index (Phi) is 3.25. The third-order valence-corrected chi connectivity index (χ3v) is 1.95. The van der Waals surface area contributed by atoms with Crippen molar-refractivity contribution in [2.75, 3.05) is 13.6 Å². The van der Waals surface area contributed by atoms with Gasteiger partial charge in [-0.2, -0.15) is 0 Å². The van der Waals surface area contributed by atoms with Crippen molar-refractivity contribution in [3.63, 3.8) is 0 Å². The summed E-state index contributed by atoms with van der Waals surface area (Å²) in [6.45, 7) is 2.03. The number of rotatable bonds is 3. The average molecular weight is 186 g/mol. The van der Waals surface area contributed by atoms with Crippen LogP contribution in [0.25, 0.3) is 0 Å². The van der Waals surface area contributed by atoms with E-state index in [1.807, 2.05) is 0 Å². The molecule has 0 bridgehead atoms. The van der Waals surface area contributed by atoms with Gasteiger partial charge in [-0.3, -0.25) is 9.59 Å². The molecule has 1 saturated heterocycles. The Hall–Kier alpha value is -1.10. The number of carbonyl (C=O) groups is 2. The first-order valence-corrected chi connectivity index (χ1v) is 4.27. The number of amides is 1. The van der Waals surface area contributed by atoms with Gasteiger partial charge in [-0.05, 0) is 14.0 Å². The van der Waals surface area contributed by atoms with Crippen LogP contribution in [-0.2, 0) is 14.3 Å². The van der Waals surface area contributed by atoms with E-state index in [1.54, 1.807) is 14.0 Å². The zero-order valence-corrected chi connectivity index (χ0v) is 7.79. The van der Waals surface area contributed by atoms with Gasteiger partial charge in [0.25, 0.3) is 0 Å². The highest BCUT2D eigenvalue weighted by Gasteiger charge is 2.32. The molecular weight excluding hydrogens is 172 g/mol. The van der Waals surface area contributed by atoms with E-state index in [2.05, 4.69) is 10.6 Å². The Morgan fingerprint density at radius 1 is 1.69 bits per heavy atom. The summed E-state index contributed by atoms with van der Waals surface area (Å²) in [5, 5.41) is 5.44. The maximum Gasteiger partial charge on any atom is 0.308 e. The van der Waals surface area contributed by atoms with Crippen molar-refractivity contribution in [2.24, 2.45) is 0 Å². The molecule has 1 aliphatic rings. The lowest BCUT2D eigenvalue weighted by molar-refractivity contribution is -0.141. The molecule has 0 aromatic heterocycles. The molecule has 0 aliphatic carbocycles. The SMILES string of the molecule is CNCC(=O)NC1CC(=O)OC1C. The van der Waals surface area contributed by atoms with Crippen LogP contribution in [0.1, 0.15) is 13.3 Å². The largest absolute Gasteiger partial charge is 0.460 e. The fraction of sp³-hybridized carbons (Fsp3) is 0.750. The Morgan fingerprint density at radius 2 is 2.38 bits per heavy atom. The van der Waals surface area contributed by atoms with Crippen molar-refractivity contribution in [3.8, 4) is 0 Å². The van der Waals surface area contributed by atoms with E-state index in [9.17, 15) is 9.59 Å². The van der Waals surface area contributed by atoms with Crippen molar-refractivity contribution in [2.45, 2.75) is 25.5 Å². The highest BCUT2D eigenvalue weighted by molar-refractivity contribution is 5.80. The molecule has 0 aromatic rings. The molecular formula is C8H14N2O3. The number of esters is 1. The summed E-state index contributed by atoms with van der Waals surface area (Å²) in [5.41, 5.74) is 0. The molecule has 5 heteroatoms.